The predicted molar refractivity (Wildman–Crippen MR) is 66.9 cm³/mol. The molecule has 3 heteroatoms. The van der Waals surface area contributed by atoms with E-state index < -0.39 is 0 Å². The van der Waals surface area contributed by atoms with Crippen LogP contribution in [0.25, 0.3) is 0 Å². The van der Waals surface area contributed by atoms with Crippen LogP contribution in [0.1, 0.15) is 17.5 Å². The number of allylic oxidation sites excluding steroid dienone is 1. The van der Waals surface area contributed by atoms with Gasteiger partial charge in [-0.2, -0.15) is 0 Å². The SMILES string of the molecule is C=CCC(=O)Cc1cc(Br)cc2c1OCC2. The van der Waals surface area contributed by atoms with Gasteiger partial charge in [0.25, 0.3) is 0 Å². The predicted octanol–water partition coefficient (Wildman–Crippen LogP) is 3.07. The highest BCUT2D eigenvalue weighted by atomic mass is 79.9. The number of fused-ring (bicyclic) bond motifs is 1. The number of hydrogen-bond acceptors (Lipinski definition) is 2. The molecule has 0 N–H and O–H groups in total. The van der Waals surface area contributed by atoms with E-state index in [9.17, 15) is 4.79 Å². The van der Waals surface area contributed by atoms with E-state index in [1.165, 1.54) is 5.56 Å². The second-order valence-electron chi connectivity index (χ2n) is 3.86. The van der Waals surface area contributed by atoms with Crippen molar-refractivity contribution in [2.45, 2.75) is 19.3 Å². The maximum Gasteiger partial charge on any atom is 0.141 e. The van der Waals surface area contributed by atoms with Crippen LogP contribution in [0.3, 0.4) is 0 Å². The molecule has 1 aliphatic rings. The number of hydrogen-bond donors (Lipinski definition) is 0. The fraction of sp³-hybridized carbons (Fsp3) is 0.308. The molecule has 1 aliphatic heterocycles. The lowest BCUT2D eigenvalue weighted by Gasteiger charge is -2.07. The highest BCUT2D eigenvalue weighted by Gasteiger charge is 2.18. The molecule has 0 spiro atoms. The molecule has 0 saturated heterocycles. The third-order valence-electron chi connectivity index (χ3n) is 2.58. The molecule has 1 aromatic rings. The minimum Gasteiger partial charge on any atom is -0.493 e. The Hall–Kier alpha value is -1.09. The van der Waals surface area contributed by atoms with Crippen LogP contribution >= 0.6 is 15.9 Å². The second kappa shape index (κ2) is 4.83. The molecule has 1 aromatic carbocycles. The summed E-state index contributed by atoms with van der Waals surface area (Å²) in [6, 6.07) is 4.02. The summed E-state index contributed by atoms with van der Waals surface area (Å²) in [5.41, 5.74) is 2.17. The first-order chi connectivity index (χ1) is 7.70. The van der Waals surface area contributed by atoms with Crippen LogP contribution in [0.5, 0.6) is 5.75 Å². The van der Waals surface area contributed by atoms with Crippen molar-refractivity contribution >= 4 is 21.7 Å². The molecule has 2 rings (SSSR count). The molecule has 0 unspecified atom stereocenters. The number of carbonyl (C=O) groups excluding carboxylic acids is 1. The first-order valence-corrected chi connectivity index (χ1v) is 6.06. The van der Waals surface area contributed by atoms with Crippen LogP contribution in [0.2, 0.25) is 0 Å². The molecule has 2 nitrogen and oxygen atoms in total. The number of carbonyl (C=O) groups is 1. The molecule has 0 atom stereocenters. The summed E-state index contributed by atoms with van der Waals surface area (Å²) in [5.74, 6) is 1.08. The van der Waals surface area contributed by atoms with E-state index >= 15 is 0 Å². The van der Waals surface area contributed by atoms with Crippen molar-refractivity contribution in [2.75, 3.05) is 6.61 Å². The van der Waals surface area contributed by atoms with E-state index in [0.717, 1.165) is 22.2 Å². The van der Waals surface area contributed by atoms with Crippen molar-refractivity contribution in [3.8, 4) is 5.75 Å². The summed E-state index contributed by atoms with van der Waals surface area (Å²) >= 11 is 3.46. The van der Waals surface area contributed by atoms with Crippen LogP contribution in [-0.2, 0) is 17.6 Å². The smallest absolute Gasteiger partial charge is 0.141 e. The standard InChI is InChI=1S/C13H13BrO2/c1-2-3-12(15)8-10-7-11(14)6-9-4-5-16-13(9)10/h2,6-7H,1,3-5,8H2. The van der Waals surface area contributed by atoms with E-state index in [2.05, 4.69) is 28.6 Å². The number of ketones is 1. The van der Waals surface area contributed by atoms with Crippen LogP contribution in [0.4, 0.5) is 0 Å². The molecule has 0 saturated carbocycles. The number of benzene rings is 1. The van der Waals surface area contributed by atoms with Crippen LogP contribution in [0, 0.1) is 0 Å². The topological polar surface area (TPSA) is 26.3 Å². The Morgan fingerprint density at radius 1 is 1.56 bits per heavy atom. The molecule has 0 amide bonds. The molecule has 0 radical (unpaired) electrons. The van der Waals surface area contributed by atoms with Crippen molar-refractivity contribution in [1.82, 2.24) is 0 Å². The van der Waals surface area contributed by atoms with E-state index in [0.29, 0.717) is 19.4 Å². The fourth-order valence-corrected chi connectivity index (χ4v) is 2.48. The first-order valence-electron chi connectivity index (χ1n) is 5.27. The van der Waals surface area contributed by atoms with Crippen LogP contribution in [0.15, 0.2) is 29.3 Å². The van der Waals surface area contributed by atoms with Gasteiger partial charge in [-0.1, -0.05) is 22.0 Å². The van der Waals surface area contributed by atoms with Crippen molar-refractivity contribution in [3.05, 3.63) is 40.4 Å². The van der Waals surface area contributed by atoms with Gasteiger partial charge in [0.1, 0.15) is 11.5 Å². The lowest BCUT2D eigenvalue weighted by Crippen LogP contribution is -2.02. The number of rotatable bonds is 4. The summed E-state index contributed by atoms with van der Waals surface area (Å²) in [4.78, 5) is 11.6. The van der Waals surface area contributed by atoms with Crippen molar-refractivity contribution in [1.29, 1.82) is 0 Å². The Bertz CT molecular complexity index is 438. The van der Waals surface area contributed by atoms with E-state index in [-0.39, 0.29) is 5.78 Å². The van der Waals surface area contributed by atoms with E-state index in [1.54, 1.807) is 6.08 Å². The zero-order chi connectivity index (χ0) is 11.5. The van der Waals surface area contributed by atoms with Gasteiger partial charge in [-0.05, 0) is 17.7 Å². The number of Topliss-reactive ketones (excluding diaryl/α,β-unsaturated/α-hetero) is 1. The summed E-state index contributed by atoms with van der Waals surface area (Å²) in [5, 5.41) is 0. The normalized spacial score (nSPS) is 13.1. The zero-order valence-corrected chi connectivity index (χ0v) is 10.5. The van der Waals surface area contributed by atoms with Gasteiger partial charge < -0.3 is 4.74 Å². The molecule has 0 aromatic heterocycles. The van der Waals surface area contributed by atoms with E-state index in [4.69, 9.17) is 4.74 Å². The summed E-state index contributed by atoms with van der Waals surface area (Å²) in [6.07, 6.45) is 3.41. The third kappa shape index (κ3) is 2.35. The third-order valence-corrected chi connectivity index (χ3v) is 3.04. The van der Waals surface area contributed by atoms with Crippen LogP contribution < -0.4 is 4.74 Å². The molecular weight excluding hydrogens is 268 g/mol. The Morgan fingerprint density at radius 2 is 2.38 bits per heavy atom. The quantitative estimate of drug-likeness (QED) is 0.793. The fourth-order valence-electron chi connectivity index (χ4n) is 1.92. The largest absolute Gasteiger partial charge is 0.493 e. The molecule has 0 aliphatic carbocycles. The van der Waals surface area contributed by atoms with Crippen molar-refractivity contribution in [2.24, 2.45) is 0 Å². The zero-order valence-electron chi connectivity index (χ0n) is 8.96. The van der Waals surface area contributed by atoms with Gasteiger partial charge in [0.15, 0.2) is 0 Å². The van der Waals surface area contributed by atoms with Gasteiger partial charge in [-0.3, -0.25) is 4.79 Å². The van der Waals surface area contributed by atoms with Crippen LogP contribution in [-0.4, -0.2) is 12.4 Å². The Labute approximate surface area is 103 Å². The summed E-state index contributed by atoms with van der Waals surface area (Å²) in [7, 11) is 0. The van der Waals surface area contributed by atoms with Gasteiger partial charge in [-0.15, -0.1) is 6.58 Å². The maximum absolute atomic E-state index is 11.6. The van der Waals surface area contributed by atoms with E-state index in [1.807, 2.05) is 6.07 Å². The number of halogens is 1. The molecule has 0 bridgehead atoms. The lowest BCUT2D eigenvalue weighted by atomic mass is 10.0. The Balaban J connectivity index is 2.27. The summed E-state index contributed by atoms with van der Waals surface area (Å²) in [6.45, 7) is 4.29. The van der Waals surface area contributed by atoms with Gasteiger partial charge in [0.2, 0.25) is 0 Å². The minimum absolute atomic E-state index is 0.172. The highest BCUT2D eigenvalue weighted by molar-refractivity contribution is 9.10. The Morgan fingerprint density at radius 3 is 3.12 bits per heavy atom. The molecule has 16 heavy (non-hydrogen) atoms. The van der Waals surface area contributed by atoms with Crippen molar-refractivity contribution in [3.63, 3.8) is 0 Å². The van der Waals surface area contributed by atoms with Crippen molar-refractivity contribution < 1.29 is 9.53 Å². The minimum atomic E-state index is 0.172. The average Bonchev–Trinajstić information content (AvgIpc) is 2.65. The first kappa shape index (κ1) is 11.4. The Kier molecular flexibility index (Phi) is 3.44. The molecule has 1 heterocycles. The lowest BCUT2D eigenvalue weighted by molar-refractivity contribution is -0.117. The highest BCUT2D eigenvalue weighted by Crippen LogP contribution is 2.33. The summed E-state index contributed by atoms with van der Waals surface area (Å²) < 4.78 is 6.58. The average molecular weight is 281 g/mol. The molecular formula is C13H13BrO2. The molecule has 0 fully saturated rings. The van der Waals surface area contributed by atoms with Gasteiger partial charge >= 0.3 is 0 Å². The van der Waals surface area contributed by atoms with Gasteiger partial charge in [0, 0.05) is 29.3 Å². The van der Waals surface area contributed by atoms with Gasteiger partial charge in [-0.25, -0.2) is 0 Å². The second-order valence-corrected chi connectivity index (χ2v) is 4.78. The monoisotopic (exact) mass is 280 g/mol. The number of ether oxygens (including phenoxy) is 1. The maximum atomic E-state index is 11.6. The molecule has 84 valence electrons. The van der Waals surface area contributed by atoms with Gasteiger partial charge in [0.05, 0.1) is 6.61 Å².